The number of ether oxygens (including phenoxy) is 1. The van der Waals surface area contributed by atoms with Gasteiger partial charge in [-0.3, -0.25) is 9.48 Å². The molecule has 6 heteroatoms. The lowest BCUT2D eigenvalue weighted by Crippen LogP contribution is -2.16. The highest BCUT2D eigenvalue weighted by molar-refractivity contribution is 6.07. The number of rotatable bonds is 3. The Morgan fingerprint density at radius 2 is 1.90 bits per heavy atom. The number of benzene rings is 1. The van der Waals surface area contributed by atoms with Crippen LogP contribution in [0.1, 0.15) is 26.5 Å². The Morgan fingerprint density at radius 1 is 1.25 bits per heavy atom. The standard InChI is InChI=1S/C14H15N3O3/c1-9-11(12(14(19)20-3)17(2)16-9)15-13(18)10-7-5-4-6-8-10/h4-8H,1-3H3,(H,15,18). The molecular weight excluding hydrogens is 258 g/mol. The van der Waals surface area contributed by atoms with Crippen LogP contribution in [-0.2, 0) is 11.8 Å². The van der Waals surface area contributed by atoms with Crippen LogP contribution in [0.4, 0.5) is 5.69 Å². The van der Waals surface area contributed by atoms with Crippen molar-refractivity contribution < 1.29 is 14.3 Å². The van der Waals surface area contributed by atoms with E-state index in [-0.39, 0.29) is 11.6 Å². The van der Waals surface area contributed by atoms with Crippen LogP contribution < -0.4 is 5.32 Å². The summed E-state index contributed by atoms with van der Waals surface area (Å²) in [5.41, 5.74) is 1.64. The first kappa shape index (κ1) is 13.8. The number of carbonyl (C=O) groups is 2. The fraction of sp³-hybridized carbons (Fsp3) is 0.214. The molecule has 0 aliphatic rings. The summed E-state index contributed by atoms with van der Waals surface area (Å²) in [7, 11) is 2.91. The van der Waals surface area contributed by atoms with Crippen LogP contribution in [-0.4, -0.2) is 28.8 Å². The molecule has 0 aliphatic carbocycles. The van der Waals surface area contributed by atoms with E-state index >= 15 is 0 Å². The quantitative estimate of drug-likeness (QED) is 0.865. The molecule has 6 nitrogen and oxygen atoms in total. The number of carbonyl (C=O) groups excluding carboxylic acids is 2. The molecule has 1 heterocycles. The lowest BCUT2D eigenvalue weighted by atomic mass is 10.2. The minimum atomic E-state index is -0.545. The molecule has 0 radical (unpaired) electrons. The summed E-state index contributed by atoms with van der Waals surface area (Å²) in [6, 6.07) is 8.75. The molecule has 0 bridgehead atoms. The Kier molecular flexibility index (Phi) is 3.84. The fourth-order valence-electron chi connectivity index (χ4n) is 1.91. The molecule has 0 fully saturated rings. The zero-order valence-electron chi connectivity index (χ0n) is 11.5. The normalized spacial score (nSPS) is 10.2. The number of hydrogen-bond acceptors (Lipinski definition) is 4. The average molecular weight is 273 g/mol. The van der Waals surface area contributed by atoms with E-state index in [1.165, 1.54) is 11.8 Å². The highest BCUT2D eigenvalue weighted by atomic mass is 16.5. The summed E-state index contributed by atoms with van der Waals surface area (Å²) in [5, 5.41) is 6.84. The van der Waals surface area contributed by atoms with Gasteiger partial charge in [0, 0.05) is 12.6 Å². The van der Waals surface area contributed by atoms with Crippen LogP contribution in [0.25, 0.3) is 0 Å². The van der Waals surface area contributed by atoms with E-state index < -0.39 is 5.97 Å². The summed E-state index contributed by atoms with van der Waals surface area (Å²) in [6.07, 6.45) is 0. The largest absolute Gasteiger partial charge is 0.464 e. The van der Waals surface area contributed by atoms with Crippen LogP contribution in [0.2, 0.25) is 0 Å². The summed E-state index contributed by atoms with van der Waals surface area (Å²) < 4.78 is 6.10. The maximum atomic E-state index is 12.1. The van der Waals surface area contributed by atoms with Crippen molar-refractivity contribution in [2.75, 3.05) is 12.4 Å². The Morgan fingerprint density at radius 3 is 2.50 bits per heavy atom. The maximum Gasteiger partial charge on any atom is 0.358 e. The number of nitrogens with zero attached hydrogens (tertiary/aromatic N) is 2. The number of aryl methyl sites for hydroxylation is 2. The van der Waals surface area contributed by atoms with Gasteiger partial charge in [0.2, 0.25) is 0 Å². The third kappa shape index (κ3) is 2.54. The van der Waals surface area contributed by atoms with Crippen LogP contribution in [0.5, 0.6) is 0 Å². The van der Waals surface area contributed by atoms with Crippen molar-refractivity contribution in [1.82, 2.24) is 9.78 Å². The third-order valence-electron chi connectivity index (χ3n) is 2.88. The van der Waals surface area contributed by atoms with Gasteiger partial charge in [-0.05, 0) is 19.1 Å². The lowest BCUT2D eigenvalue weighted by Gasteiger charge is -2.07. The maximum absolute atomic E-state index is 12.1. The minimum absolute atomic E-state index is 0.217. The highest BCUT2D eigenvalue weighted by Crippen LogP contribution is 2.21. The lowest BCUT2D eigenvalue weighted by molar-refractivity contribution is 0.0589. The molecule has 20 heavy (non-hydrogen) atoms. The van der Waals surface area contributed by atoms with Gasteiger partial charge in [0.15, 0.2) is 5.69 Å². The Bertz CT molecular complexity index is 647. The predicted octanol–water partition coefficient (Wildman–Crippen LogP) is 1.77. The average Bonchev–Trinajstić information content (AvgIpc) is 2.73. The van der Waals surface area contributed by atoms with Crippen molar-refractivity contribution in [3.05, 3.63) is 47.3 Å². The van der Waals surface area contributed by atoms with Crippen molar-refractivity contribution in [2.24, 2.45) is 7.05 Å². The van der Waals surface area contributed by atoms with Crippen molar-refractivity contribution in [3.8, 4) is 0 Å². The van der Waals surface area contributed by atoms with Gasteiger partial charge >= 0.3 is 5.97 Å². The predicted molar refractivity (Wildman–Crippen MR) is 73.7 cm³/mol. The SMILES string of the molecule is COC(=O)c1c(NC(=O)c2ccccc2)c(C)nn1C. The third-order valence-corrected chi connectivity index (χ3v) is 2.88. The number of anilines is 1. The molecular formula is C14H15N3O3. The molecule has 2 aromatic rings. The zero-order valence-corrected chi connectivity index (χ0v) is 11.5. The Labute approximate surface area is 116 Å². The smallest absolute Gasteiger partial charge is 0.358 e. The fourth-order valence-corrected chi connectivity index (χ4v) is 1.91. The van der Waals surface area contributed by atoms with Gasteiger partial charge in [-0.1, -0.05) is 18.2 Å². The van der Waals surface area contributed by atoms with E-state index in [9.17, 15) is 9.59 Å². The summed E-state index contributed by atoms with van der Waals surface area (Å²) >= 11 is 0. The Hall–Kier alpha value is -2.63. The molecule has 2 rings (SSSR count). The van der Waals surface area contributed by atoms with E-state index in [0.717, 1.165) is 0 Å². The van der Waals surface area contributed by atoms with Gasteiger partial charge in [-0.25, -0.2) is 4.79 Å². The Balaban J connectivity index is 2.34. The molecule has 1 aromatic carbocycles. The molecule has 0 saturated heterocycles. The molecule has 0 atom stereocenters. The molecule has 0 unspecified atom stereocenters. The second-order valence-corrected chi connectivity index (χ2v) is 4.24. The molecule has 104 valence electrons. The number of nitrogens with one attached hydrogen (secondary N) is 1. The first-order valence-electron chi connectivity index (χ1n) is 6.03. The van der Waals surface area contributed by atoms with Crippen LogP contribution in [0.15, 0.2) is 30.3 Å². The summed E-state index contributed by atoms with van der Waals surface area (Å²) in [6.45, 7) is 1.72. The van der Waals surface area contributed by atoms with Gasteiger partial charge < -0.3 is 10.1 Å². The monoisotopic (exact) mass is 273 g/mol. The molecule has 0 spiro atoms. The van der Waals surface area contributed by atoms with Crippen LogP contribution in [0.3, 0.4) is 0 Å². The summed E-state index contributed by atoms with van der Waals surface area (Å²) in [5.74, 6) is -0.844. The number of aromatic nitrogens is 2. The van der Waals surface area contributed by atoms with E-state index in [4.69, 9.17) is 4.74 Å². The van der Waals surface area contributed by atoms with E-state index in [1.54, 1.807) is 38.2 Å². The number of hydrogen-bond donors (Lipinski definition) is 1. The van der Waals surface area contributed by atoms with Crippen LogP contribution >= 0.6 is 0 Å². The van der Waals surface area contributed by atoms with E-state index in [0.29, 0.717) is 16.9 Å². The van der Waals surface area contributed by atoms with E-state index in [2.05, 4.69) is 10.4 Å². The van der Waals surface area contributed by atoms with Crippen molar-refractivity contribution >= 4 is 17.6 Å². The first-order chi connectivity index (χ1) is 9.54. The molecule has 1 amide bonds. The molecule has 0 saturated carbocycles. The minimum Gasteiger partial charge on any atom is -0.464 e. The second-order valence-electron chi connectivity index (χ2n) is 4.24. The topological polar surface area (TPSA) is 73.2 Å². The first-order valence-corrected chi connectivity index (χ1v) is 6.03. The molecule has 0 aliphatic heterocycles. The van der Waals surface area contributed by atoms with Crippen molar-refractivity contribution in [2.45, 2.75) is 6.92 Å². The highest BCUT2D eigenvalue weighted by Gasteiger charge is 2.22. The van der Waals surface area contributed by atoms with E-state index in [1.807, 2.05) is 6.07 Å². The van der Waals surface area contributed by atoms with Gasteiger partial charge in [-0.2, -0.15) is 5.10 Å². The number of esters is 1. The van der Waals surface area contributed by atoms with Gasteiger partial charge in [-0.15, -0.1) is 0 Å². The van der Waals surface area contributed by atoms with Crippen LogP contribution in [0, 0.1) is 6.92 Å². The zero-order chi connectivity index (χ0) is 14.7. The summed E-state index contributed by atoms with van der Waals surface area (Å²) in [4.78, 5) is 23.9. The number of methoxy groups -OCH3 is 1. The molecule has 1 aromatic heterocycles. The number of amides is 1. The van der Waals surface area contributed by atoms with Gasteiger partial charge in [0.1, 0.15) is 0 Å². The van der Waals surface area contributed by atoms with Gasteiger partial charge in [0.25, 0.3) is 5.91 Å². The van der Waals surface area contributed by atoms with Crippen molar-refractivity contribution in [3.63, 3.8) is 0 Å². The van der Waals surface area contributed by atoms with Crippen molar-refractivity contribution in [1.29, 1.82) is 0 Å². The second kappa shape index (κ2) is 5.56. The van der Waals surface area contributed by atoms with Gasteiger partial charge in [0.05, 0.1) is 18.5 Å². The molecule has 1 N–H and O–H groups in total.